The zero-order valence-corrected chi connectivity index (χ0v) is 29.7. The van der Waals surface area contributed by atoms with E-state index in [1.165, 1.54) is 17.5 Å². The maximum absolute atomic E-state index is 15.1. The Kier molecular flexibility index (Phi) is 10.8. The van der Waals surface area contributed by atoms with Crippen LogP contribution in [0.4, 0.5) is 10.5 Å². The van der Waals surface area contributed by atoms with Crippen molar-refractivity contribution in [3.8, 4) is 0 Å². The molecule has 2 aromatic carbocycles. The molecule has 1 saturated heterocycles. The monoisotopic (exact) mass is 694 g/mol. The quantitative estimate of drug-likeness (QED) is 0.181. The van der Waals surface area contributed by atoms with Gasteiger partial charge in [0.15, 0.2) is 0 Å². The number of nitrogens with zero attached hydrogens (tertiary/aromatic N) is 6. The van der Waals surface area contributed by atoms with Gasteiger partial charge in [-0.25, -0.2) is 9.78 Å². The first kappa shape index (κ1) is 34.2. The second-order valence-corrected chi connectivity index (χ2v) is 14.3. The van der Waals surface area contributed by atoms with Gasteiger partial charge in [-0.3, -0.25) is 19.6 Å². The number of pyridine rings is 1. The molecule has 3 heterocycles. The Balaban J connectivity index is 1.24. The molecule has 1 saturated carbocycles. The predicted octanol–water partition coefficient (Wildman–Crippen LogP) is 7.46. The Bertz CT molecular complexity index is 1770. The van der Waals surface area contributed by atoms with E-state index >= 15 is 4.79 Å². The Morgan fingerprint density at radius 1 is 0.980 bits per heavy atom. The van der Waals surface area contributed by atoms with Gasteiger partial charge in [-0.05, 0) is 97.5 Å². The van der Waals surface area contributed by atoms with Crippen LogP contribution >= 0.6 is 11.6 Å². The van der Waals surface area contributed by atoms with Crippen molar-refractivity contribution in [1.29, 1.82) is 0 Å². The first-order valence-corrected chi connectivity index (χ1v) is 18.7. The van der Waals surface area contributed by atoms with Gasteiger partial charge >= 0.3 is 6.09 Å². The average molecular weight is 695 g/mol. The van der Waals surface area contributed by atoms with E-state index in [1.807, 2.05) is 46.1 Å². The Morgan fingerprint density at radius 2 is 1.84 bits per heavy atom. The molecule has 2 aromatic heterocycles. The summed E-state index contributed by atoms with van der Waals surface area (Å²) in [6.45, 7) is 4.67. The Labute approximate surface area is 300 Å². The number of benzene rings is 2. The zero-order valence-electron chi connectivity index (χ0n) is 28.9. The van der Waals surface area contributed by atoms with Crippen LogP contribution in [0.15, 0.2) is 79.5 Å². The lowest BCUT2D eigenvalue weighted by Gasteiger charge is -2.45. The van der Waals surface area contributed by atoms with Gasteiger partial charge in [0.2, 0.25) is 0 Å². The van der Waals surface area contributed by atoms with Gasteiger partial charge in [0.25, 0.3) is 5.91 Å². The zero-order chi connectivity index (χ0) is 34.5. The third kappa shape index (κ3) is 7.59. The summed E-state index contributed by atoms with van der Waals surface area (Å²) in [6.07, 6.45) is 15.4. The number of anilines is 1. The van der Waals surface area contributed by atoms with Crippen LogP contribution in [-0.2, 0) is 28.9 Å². The van der Waals surface area contributed by atoms with Crippen molar-refractivity contribution in [2.45, 2.75) is 89.4 Å². The number of piperazine rings is 1. The molecule has 0 N–H and O–H groups in total. The standard InChI is InChI=1S/C40H47ClN6O3/c1-2-3-20-46(33-11-7-9-29(24-33)26-44-21-19-42-28-44)39(48)36-27-45(22-23-47(36)40(49)50-34-12-5-4-6-13-34)38-35-17-16-32(41)25-31(35)15-14-30-10-8-18-43-37(30)38/h7-11,16-19,21,24-25,28,34,36,38H,2-6,12-15,20,22-23,26-27H2,1H3. The fourth-order valence-corrected chi connectivity index (χ4v) is 8.09. The lowest BCUT2D eigenvalue weighted by Crippen LogP contribution is -2.62. The van der Waals surface area contributed by atoms with Crippen LogP contribution in [0.25, 0.3) is 0 Å². The molecule has 262 valence electrons. The number of rotatable bonds is 9. The van der Waals surface area contributed by atoms with E-state index in [1.54, 1.807) is 17.4 Å². The van der Waals surface area contributed by atoms with E-state index in [2.05, 4.69) is 47.1 Å². The van der Waals surface area contributed by atoms with Crippen LogP contribution in [0, 0.1) is 0 Å². The van der Waals surface area contributed by atoms with Gasteiger partial charge in [-0.1, -0.05) is 55.6 Å². The SMILES string of the molecule is CCCCN(C(=O)C1CN(C2c3ccc(Cl)cc3CCc3cccnc32)CCN1C(=O)OC1CCCCC1)c1cccc(Cn2ccnc2)c1. The minimum Gasteiger partial charge on any atom is -0.446 e. The van der Waals surface area contributed by atoms with E-state index in [0.29, 0.717) is 37.7 Å². The maximum Gasteiger partial charge on any atom is 0.410 e. The molecule has 4 aromatic rings. The predicted molar refractivity (Wildman–Crippen MR) is 195 cm³/mol. The summed E-state index contributed by atoms with van der Waals surface area (Å²) in [5.74, 6) is -0.0882. The fourth-order valence-electron chi connectivity index (χ4n) is 7.89. The molecule has 2 amide bonds. The summed E-state index contributed by atoms with van der Waals surface area (Å²) < 4.78 is 8.16. The summed E-state index contributed by atoms with van der Waals surface area (Å²) in [5.41, 5.74) is 6.47. The lowest BCUT2D eigenvalue weighted by atomic mass is 9.95. The molecular formula is C40H47ClN6O3. The number of carbonyl (C=O) groups excluding carboxylic acids is 2. The number of hydrogen-bond acceptors (Lipinski definition) is 6. The van der Waals surface area contributed by atoms with Gasteiger partial charge in [0.05, 0.1) is 18.1 Å². The minimum absolute atomic E-state index is 0.0882. The van der Waals surface area contributed by atoms with Crippen LogP contribution in [-0.4, -0.2) is 74.7 Å². The summed E-state index contributed by atoms with van der Waals surface area (Å²) in [7, 11) is 0. The van der Waals surface area contributed by atoms with E-state index in [-0.39, 0.29) is 24.1 Å². The maximum atomic E-state index is 15.1. The largest absolute Gasteiger partial charge is 0.446 e. The third-order valence-electron chi connectivity index (χ3n) is 10.5. The second-order valence-electron chi connectivity index (χ2n) is 13.9. The Morgan fingerprint density at radius 3 is 2.66 bits per heavy atom. The molecule has 0 bridgehead atoms. The highest BCUT2D eigenvalue weighted by atomic mass is 35.5. The molecule has 7 rings (SSSR count). The average Bonchev–Trinajstić information content (AvgIpc) is 3.59. The summed E-state index contributed by atoms with van der Waals surface area (Å²) in [5, 5.41) is 0.714. The number of imidazole rings is 1. The molecule has 2 unspecified atom stereocenters. The van der Waals surface area contributed by atoms with E-state index in [0.717, 1.165) is 73.9 Å². The normalized spacial score (nSPS) is 19.7. The summed E-state index contributed by atoms with van der Waals surface area (Å²) >= 11 is 6.52. The molecule has 2 aliphatic carbocycles. The number of unbranched alkanes of at least 4 members (excludes halogenated alkanes) is 1. The van der Waals surface area contributed by atoms with Crippen LogP contribution in [0.3, 0.4) is 0 Å². The van der Waals surface area contributed by atoms with Gasteiger partial charge < -0.3 is 14.2 Å². The summed E-state index contributed by atoms with van der Waals surface area (Å²) in [4.78, 5) is 44.2. The van der Waals surface area contributed by atoms with Crippen molar-refractivity contribution in [3.05, 3.63) is 112 Å². The second kappa shape index (κ2) is 15.8. The van der Waals surface area contributed by atoms with Crippen LogP contribution in [0.1, 0.15) is 85.9 Å². The van der Waals surface area contributed by atoms with Crippen molar-refractivity contribution in [1.82, 2.24) is 24.3 Å². The molecule has 2 atom stereocenters. The molecule has 2 fully saturated rings. The minimum atomic E-state index is -0.736. The topological polar surface area (TPSA) is 83.8 Å². The van der Waals surface area contributed by atoms with Crippen molar-refractivity contribution >= 4 is 29.3 Å². The number of carbonyl (C=O) groups is 2. The molecule has 0 spiro atoms. The summed E-state index contributed by atoms with van der Waals surface area (Å²) in [6, 6.07) is 17.6. The highest BCUT2D eigenvalue weighted by Gasteiger charge is 2.43. The number of halogens is 1. The molecule has 9 nitrogen and oxygen atoms in total. The number of hydrogen-bond donors (Lipinski definition) is 0. The highest BCUT2D eigenvalue weighted by Crippen LogP contribution is 2.38. The molecule has 0 radical (unpaired) electrons. The van der Waals surface area contributed by atoms with E-state index in [9.17, 15) is 4.79 Å². The number of aryl methyl sites for hydroxylation is 2. The smallest absolute Gasteiger partial charge is 0.410 e. The molecule has 3 aliphatic rings. The first-order chi connectivity index (χ1) is 24.5. The fraction of sp³-hybridized carbons (Fsp3) is 0.450. The van der Waals surface area contributed by atoms with Crippen molar-refractivity contribution in [2.24, 2.45) is 0 Å². The van der Waals surface area contributed by atoms with Crippen LogP contribution in [0.2, 0.25) is 5.02 Å². The van der Waals surface area contributed by atoms with E-state index < -0.39 is 6.04 Å². The van der Waals surface area contributed by atoms with Crippen molar-refractivity contribution in [2.75, 3.05) is 31.1 Å². The van der Waals surface area contributed by atoms with Gasteiger partial charge in [-0.2, -0.15) is 0 Å². The first-order valence-electron chi connectivity index (χ1n) is 18.3. The van der Waals surface area contributed by atoms with Gasteiger partial charge in [-0.15, -0.1) is 0 Å². The molecular weight excluding hydrogens is 648 g/mol. The number of aromatic nitrogens is 3. The number of ether oxygens (including phenoxy) is 1. The lowest BCUT2D eigenvalue weighted by molar-refractivity contribution is -0.126. The Hall–Kier alpha value is -4.21. The molecule has 10 heteroatoms. The van der Waals surface area contributed by atoms with Gasteiger partial charge in [0, 0.05) is 62.0 Å². The third-order valence-corrected chi connectivity index (χ3v) is 10.7. The number of amides is 2. The highest BCUT2D eigenvalue weighted by molar-refractivity contribution is 6.30. The van der Waals surface area contributed by atoms with Crippen molar-refractivity contribution < 1.29 is 14.3 Å². The molecule has 50 heavy (non-hydrogen) atoms. The van der Waals surface area contributed by atoms with Crippen molar-refractivity contribution in [3.63, 3.8) is 0 Å². The molecule has 1 aliphatic heterocycles. The van der Waals surface area contributed by atoms with Crippen LogP contribution < -0.4 is 4.90 Å². The number of fused-ring (bicyclic) bond motifs is 2. The van der Waals surface area contributed by atoms with E-state index in [4.69, 9.17) is 21.3 Å². The van der Waals surface area contributed by atoms with Crippen LogP contribution in [0.5, 0.6) is 0 Å². The van der Waals surface area contributed by atoms with Gasteiger partial charge in [0.1, 0.15) is 12.1 Å².